The highest BCUT2D eigenvalue weighted by molar-refractivity contribution is 7.91. The van der Waals surface area contributed by atoms with E-state index in [0.717, 1.165) is 26.9 Å². The van der Waals surface area contributed by atoms with Crippen LogP contribution in [0.4, 0.5) is 5.13 Å². The summed E-state index contributed by atoms with van der Waals surface area (Å²) < 4.78 is 25.7. The molecule has 1 aromatic heterocycles. The van der Waals surface area contributed by atoms with Crippen molar-refractivity contribution in [3.63, 3.8) is 0 Å². The molecule has 0 saturated carbocycles. The number of nitrogens with zero attached hydrogens (tertiary/aromatic N) is 2. The SMILES string of the molecule is CCS(=O)(=O)c1cccc(C(=O)N(Cc2ccccc2)c2nc3c(C)cc(C)cc3s2)c1. The van der Waals surface area contributed by atoms with E-state index >= 15 is 0 Å². The number of benzene rings is 3. The van der Waals surface area contributed by atoms with Crippen LogP contribution in [0.25, 0.3) is 10.2 Å². The number of thiazole rings is 1. The number of hydrogen-bond donors (Lipinski definition) is 0. The van der Waals surface area contributed by atoms with Crippen LogP contribution in [0.1, 0.15) is 34.0 Å². The second-order valence-electron chi connectivity index (χ2n) is 7.73. The van der Waals surface area contributed by atoms with E-state index in [-0.39, 0.29) is 16.6 Å². The van der Waals surface area contributed by atoms with Crippen molar-refractivity contribution in [3.05, 3.63) is 89.0 Å². The number of anilines is 1. The van der Waals surface area contributed by atoms with Crippen LogP contribution in [0.5, 0.6) is 0 Å². The van der Waals surface area contributed by atoms with Crippen LogP contribution in [0.2, 0.25) is 0 Å². The van der Waals surface area contributed by atoms with Crippen molar-refractivity contribution < 1.29 is 13.2 Å². The Kier molecular flexibility index (Phi) is 6.13. The Morgan fingerprint density at radius 3 is 2.47 bits per heavy atom. The summed E-state index contributed by atoms with van der Waals surface area (Å²) in [5, 5.41) is 0.589. The molecule has 0 saturated heterocycles. The molecule has 0 radical (unpaired) electrons. The number of carbonyl (C=O) groups excluding carboxylic acids is 1. The molecule has 0 unspecified atom stereocenters. The highest BCUT2D eigenvalue weighted by Gasteiger charge is 2.24. The van der Waals surface area contributed by atoms with Gasteiger partial charge in [-0.25, -0.2) is 13.4 Å². The van der Waals surface area contributed by atoms with Crippen LogP contribution in [0.3, 0.4) is 0 Å². The van der Waals surface area contributed by atoms with Gasteiger partial charge in [-0.2, -0.15) is 0 Å². The highest BCUT2D eigenvalue weighted by Crippen LogP contribution is 2.33. The molecule has 3 aromatic carbocycles. The molecule has 1 amide bonds. The van der Waals surface area contributed by atoms with Crippen molar-refractivity contribution in [2.45, 2.75) is 32.2 Å². The van der Waals surface area contributed by atoms with Crippen LogP contribution in [0, 0.1) is 13.8 Å². The molecule has 0 N–H and O–H groups in total. The minimum atomic E-state index is -3.42. The minimum Gasteiger partial charge on any atom is -0.279 e. The first kappa shape index (κ1) is 22.2. The summed E-state index contributed by atoms with van der Waals surface area (Å²) in [4.78, 5) is 20.2. The van der Waals surface area contributed by atoms with Crippen molar-refractivity contribution >= 4 is 42.4 Å². The molecule has 32 heavy (non-hydrogen) atoms. The standard InChI is InChI=1S/C25H24N2O3S2/c1-4-32(29,30)21-12-8-11-20(15-21)24(28)27(16-19-9-6-5-7-10-19)25-26-23-18(3)13-17(2)14-22(23)31-25/h5-15H,4,16H2,1-3H3. The topological polar surface area (TPSA) is 67.3 Å². The Labute approximate surface area is 192 Å². The van der Waals surface area contributed by atoms with Gasteiger partial charge in [0.15, 0.2) is 15.0 Å². The number of aromatic nitrogens is 1. The first-order valence-electron chi connectivity index (χ1n) is 10.3. The van der Waals surface area contributed by atoms with Gasteiger partial charge in [0.05, 0.1) is 27.4 Å². The molecular formula is C25H24N2O3S2. The monoisotopic (exact) mass is 464 g/mol. The zero-order valence-corrected chi connectivity index (χ0v) is 19.8. The van der Waals surface area contributed by atoms with Gasteiger partial charge in [-0.1, -0.05) is 60.7 Å². The maximum atomic E-state index is 13.6. The lowest BCUT2D eigenvalue weighted by molar-refractivity contribution is 0.0985. The number of amides is 1. The number of sulfone groups is 1. The van der Waals surface area contributed by atoms with Crippen LogP contribution in [-0.2, 0) is 16.4 Å². The van der Waals surface area contributed by atoms with Gasteiger partial charge in [-0.15, -0.1) is 0 Å². The van der Waals surface area contributed by atoms with E-state index in [1.54, 1.807) is 24.0 Å². The molecule has 0 atom stereocenters. The molecule has 0 bridgehead atoms. The van der Waals surface area contributed by atoms with E-state index in [1.165, 1.54) is 23.5 Å². The first-order valence-corrected chi connectivity index (χ1v) is 12.8. The molecular weight excluding hydrogens is 440 g/mol. The Balaban J connectivity index is 1.81. The fourth-order valence-corrected chi connectivity index (χ4v) is 5.68. The third-order valence-electron chi connectivity index (χ3n) is 5.30. The maximum Gasteiger partial charge on any atom is 0.260 e. The molecule has 0 aliphatic carbocycles. The zero-order valence-electron chi connectivity index (χ0n) is 18.2. The van der Waals surface area contributed by atoms with Gasteiger partial charge in [0.2, 0.25) is 0 Å². The van der Waals surface area contributed by atoms with E-state index in [2.05, 4.69) is 12.1 Å². The van der Waals surface area contributed by atoms with Gasteiger partial charge in [-0.05, 0) is 54.8 Å². The summed E-state index contributed by atoms with van der Waals surface area (Å²) in [6.45, 7) is 5.99. The molecule has 0 aliphatic heterocycles. The van der Waals surface area contributed by atoms with Crippen LogP contribution in [0.15, 0.2) is 71.6 Å². The van der Waals surface area contributed by atoms with Crippen molar-refractivity contribution in [1.29, 1.82) is 0 Å². The average molecular weight is 465 g/mol. The van der Waals surface area contributed by atoms with E-state index < -0.39 is 9.84 Å². The fourth-order valence-electron chi connectivity index (χ4n) is 3.61. The quantitative estimate of drug-likeness (QED) is 0.375. The summed E-state index contributed by atoms with van der Waals surface area (Å²) in [5.41, 5.74) is 4.37. The summed E-state index contributed by atoms with van der Waals surface area (Å²) in [6.07, 6.45) is 0. The van der Waals surface area contributed by atoms with Gasteiger partial charge in [-0.3, -0.25) is 9.69 Å². The van der Waals surface area contributed by atoms with Gasteiger partial charge < -0.3 is 0 Å². The number of hydrogen-bond acceptors (Lipinski definition) is 5. The Morgan fingerprint density at radius 1 is 1.00 bits per heavy atom. The lowest BCUT2D eigenvalue weighted by atomic mass is 10.1. The fraction of sp³-hybridized carbons (Fsp3) is 0.200. The van der Waals surface area contributed by atoms with Crippen molar-refractivity contribution in [1.82, 2.24) is 4.98 Å². The molecule has 4 aromatic rings. The minimum absolute atomic E-state index is 0.0190. The van der Waals surface area contributed by atoms with E-state index in [9.17, 15) is 13.2 Å². The lowest BCUT2D eigenvalue weighted by Gasteiger charge is -2.20. The van der Waals surface area contributed by atoms with E-state index in [0.29, 0.717) is 17.2 Å². The van der Waals surface area contributed by atoms with Crippen LogP contribution < -0.4 is 4.90 Å². The smallest absolute Gasteiger partial charge is 0.260 e. The predicted octanol–water partition coefficient (Wildman–Crippen LogP) is 5.55. The average Bonchev–Trinajstić information content (AvgIpc) is 3.22. The van der Waals surface area contributed by atoms with Crippen molar-refractivity contribution in [3.8, 4) is 0 Å². The number of carbonyl (C=O) groups is 1. The Morgan fingerprint density at radius 2 is 1.75 bits per heavy atom. The lowest BCUT2D eigenvalue weighted by Crippen LogP contribution is -2.30. The number of rotatable bonds is 6. The van der Waals surface area contributed by atoms with Gasteiger partial charge in [0.1, 0.15) is 0 Å². The summed E-state index contributed by atoms with van der Waals surface area (Å²) >= 11 is 1.47. The number of fused-ring (bicyclic) bond motifs is 1. The summed E-state index contributed by atoms with van der Waals surface area (Å²) in [6, 6.07) is 20.1. The largest absolute Gasteiger partial charge is 0.279 e. The normalized spacial score (nSPS) is 11.6. The predicted molar refractivity (Wildman–Crippen MR) is 130 cm³/mol. The van der Waals surface area contributed by atoms with Gasteiger partial charge >= 0.3 is 0 Å². The highest BCUT2D eigenvalue weighted by atomic mass is 32.2. The third-order valence-corrected chi connectivity index (χ3v) is 8.06. The summed E-state index contributed by atoms with van der Waals surface area (Å²) in [7, 11) is -3.42. The zero-order chi connectivity index (χ0) is 22.9. The van der Waals surface area contributed by atoms with Gasteiger partial charge in [0, 0.05) is 5.56 Å². The second kappa shape index (κ2) is 8.84. The molecule has 0 aliphatic rings. The summed E-state index contributed by atoms with van der Waals surface area (Å²) in [5.74, 6) is -0.301. The van der Waals surface area contributed by atoms with Crippen molar-refractivity contribution in [2.24, 2.45) is 0 Å². The molecule has 0 fully saturated rings. The second-order valence-corrected chi connectivity index (χ2v) is 11.0. The molecule has 5 nitrogen and oxygen atoms in total. The van der Waals surface area contributed by atoms with Crippen molar-refractivity contribution in [2.75, 3.05) is 10.7 Å². The van der Waals surface area contributed by atoms with Crippen LogP contribution >= 0.6 is 11.3 Å². The maximum absolute atomic E-state index is 13.6. The molecule has 4 rings (SSSR count). The Bertz CT molecular complexity index is 1390. The first-order chi connectivity index (χ1) is 15.3. The third kappa shape index (κ3) is 4.45. The number of aryl methyl sites for hydroxylation is 2. The van der Waals surface area contributed by atoms with Gasteiger partial charge in [0.25, 0.3) is 5.91 Å². The molecule has 164 valence electrons. The van der Waals surface area contributed by atoms with Crippen LogP contribution in [-0.4, -0.2) is 25.1 Å². The molecule has 0 spiro atoms. The Hall–Kier alpha value is -3.03. The van der Waals surface area contributed by atoms with E-state index in [4.69, 9.17) is 4.98 Å². The molecule has 7 heteroatoms. The van der Waals surface area contributed by atoms with E-state index in [1.807, 2.05) is 44.2 Å². The molecule has 1 heterocycles.